The predicted molar refractivity (Wildman–Crippen MR) is 71.6 cm³/mol. The van der Waals surface area contributed by atoms with Gasteiger partial charge in [0.05, 0.1) is 12.1 Å². The Labute approximate surface area is 113 Å². The minimum atomic E-state index is -0.649. The lowest BCUT2D eigenvalue weighted by molar-refractivity contribution is -0.134. The maximum absolute atomic E-state index is 13.7. The van der Waals surface area contributed by atoms with Crippen LogP contribution in [0.5, 0.6) is 0 Å². The van der Waals surface area contributed by atoms with Crippen molar-refractivity contribution in [2.24, 2.45) is 5.92 Å². The van der Waals surface area contributed by atoms with Crippen molar-refractivity contribution in [2.75, 3.05) is 7.05 Å². The monoisotopic (exact) mass is 262 g/mol. The van der Waals surface area contributed by atoms with E-state index in [1.807, 2.05) is 13.0 Å². The van der Waals surface area contributed by atoms with Gasteiger partial charge in [-0.3, -0.25) is 4.79 Å². The number of hydrogen-bond acceptors (Lipinski definition) is 2. The Kier molecular flexibility index (Phi) is 5.50. The fourth-order valence-electron chi connectivity index (χ4n) is 1.99. The molecule has 0 aliphatic rings. The van der Waals surface area contributed by atoms with Gasteiger partial charge in [-0.25, -0.2) is 4.39 Å². The Morgan fingerprint density at radius 1 is 1.47 bits per heavy atom. The van der Waals surface area contributed by atoms with Crippen LogP contribution in [-0.2, 0) is 4.79 Å². The molecule has 0 heterocycles. The van der Waals surface area contributed by atoms with Gasteiger partial charge in [0.15, 0.2) is 0 Å². The van der Waals surface area contributed by atoms with E-state index in [4.69, 9.17) is 5.26 Å². The highest BCUT2D eigenvalue weighted by Crippen LogP contribution is 2.23. The summed E-state index contributed by atoms with van der Waals surface area (Å²) in [5.74, 6) is -1.23. The van der Waals surface area contributed by atoms with Crippen molar-refractivity contribution in [1.82, 2.24) is 4.90 Å². The zero-order valence-corrected chi connectivity index (χ0v) is 11.6. The smallest absolute Gasteiger partial charge is 0.240 e. The molecule has 0 aromatic heterocycles. The van der Waals surface area contributed by atoms with Crippen molar-refractivity contribution in [1.29, 1.82) is 5.26 Å². The van der Waals surface area contributed by atoms with E-state index in [1.165, 1.54) is 11.0 Å². The first-order valence-corrected chi connectivity index (χ1v) is 6.43. The van der Waals surface area contributed by atoms with E-state index in [9.17, 15) is 9.18 Å². The minimum absolute atomic E-state index is 0.250. The van der Waals surface area contributed by atoms with Crippen LogP contribution in [0.4, 0.5) is 4.39 Å². The van der Waals surface area contributed by atoms with Crippen LogP contribution in [0.25, 0.3) is 0 Å². The van der Waals surface area contributed by atoms with Gasteiger partial charge in [0.25, 0.3) is 0 Å². The molecule has 2 unspecified atom stereocenters. The van der Waals surface area contributed by atoms with E-state index in [1.54, 1.807) is 32.2 Å². The Hall–Kier alpha value is -1.89. The van der Waals surface area contributed by atoms with Crippen molar-refractivity contribution in [3.8, 4) is 6.07 Å². The molecule has 0 spiro atoms. The molecule has 0 N–H and O–H groups in total. The third kappa shape index (κ3) is 3.54. The van der Waals surface area contributed by atoms with Gasteiger partial charge in [0.1, 0.15) is 11.7 Å². The fourth-order valence-corrected chi connectivity index (χ4v) is 1.99. The third-order valence-corrected chi connectivity index (χ3v) is 3.32. The van der Waals surface area contributed by atoms with Crippen LogP contribution in [0.2, 0.25) is 0 Å². The Bertz CT molecular complexity index is 481. The average Bonchev–Trinajstić information content (AvgIpc) is 2.43. The van der Waals surface area contributed by atoms with Crippen molar-refractivity contribution in [2.45, 2.75) is 32.7 Å². The molecule has 1 aromatic rings. The van der Waals surface area contributed by atoms with E-state index in [0.29, 0.717) is 12.0 Å². The number of carbonyl (C=O) groups excluding carboxylic acids is 1. The second-order valence-corrected chi connectivity index (χ2v) is 4.62. The van der Waals surface area contributed by atoms with E-state index in [-0.39, 0.29) is 17.8 Å². The standard InChI is InChI=1S/C15H19FN2O/c1-4-7-12(10-17)15(19)18(3)11(2)13-8-5-6-9-14(13)16/h5-6,8-9,11-12H,4,7H2,1-3H3. The molecule has 4 heteroatoms. The summed E-state index contributed by atoms with van der Waals surface area (Å²) in [5, 5.41) is 9.01. The number of halogens is 1. The highest BCUT2D eigenvalue weighted by atomic mass is 19.1. The van der Waals surface area contributed by atoms with Gasteiger partial charge in [-0.15, -0.1) is 0 Å². The van der Waals surface area contributed by atoms with E-state index in [0.717, 1.165) is 6.42 Å². The van der Waals surface area contributed by atoms with Crippen LogP contribution >= 0.6 is 0 Å². The van der Waals surface area contributed by atoms with E-state index >= 15 is 0 Å². The van der Waals surface area contributed by atoms with Gasteiger partial charge >= 0.3 is 0 Å². The molecular weight excluding hydrogens is 243 g/mol. The Morgan fingerprint density at radius 2 is 2.11 bits per heavy atom. The predicted octanol–water partition coefficient (Wildman–Crippen LogP) is 3.28. The van der Waals surface area contributed by atoms with Crippen LogP contribution in [0, 0.1) is 23.1 Å². The van der Waals surface area contributed by atoms with E-state index < -0.39 is 5.92 Å². The van der Waals surface area contributed by atoms with Crippen LogP contribution in [0.15, 0.2) is 24.3 Å². The molecule has 0 aliphatic carbocycles. The molecule has 0 fully saturated rings. The van der Waals surface area contributed by atoms with Gasteiger partial charge in [-0.05, 0) is 19.4 Å². The molecule has 0 saturated heterocycles. The topological polar surface area (TPSA) is 44.1 Å². The molecule has 1 amide bonds. The lowest BCUT2D eigenvalue weighted by Gasteiger charge is -2.27. The minimum Gasteiger partial charge on any atom is -0.338 e. The highest BCUT2D eigenvalue weighted by molar-refractivity contribution is 5.81. The maximum atomic E-state index is 13.7. The molecule has 2 atom stereocenters. The Balaban J connectivity index is 2.88. The fraction of sp³-hybridized carbons (Fsp3) is 0.467. The van der Waals surface area contributed by atoms with Gasteiger partial charge < -0.3 is 4.90 Å². The first-order valence-electron chi connectivity index (χ1n) is 6.43. The molecule has 0 aliphatic heterocycles. The number of amides is 1. The summed E-state index contributed by atoms with van der Waals surface area (Å²) in [6.45, 7) is 3.69. The normalized spacial score (nSPS) is 13.4. The average molecular weight is 262 g/mol. The van der Waals surface area contributed by atoms with Gasteiger partial charge in [0, 0.05) is 12.6 Å². The molecule has 1 aromatic carbocycles. The lowest BCUT2D eigenvalue weighted by Crippen LogP contribution is -2.34. The van der Waals surface area contributed by atoms with Gasteiger partial charge in [-0.2, -0.15) is 5.26 Å². The molecule has 19 heavy (non-hydrogen) atoms. The number of hydrogen-bond donors (Lipinski definition) is 0. The summed E-state index contributed by atoms with van der Waals surface area (Å²) < 4.78 is 13.7. The summed E-state index contributed by atoms with van der Waals surface area (Å²) in [7, 11) is 1.61. The molecule has 102 valence electrons. The molecule has 0 radical (unpaired) electrons. The Morgan fingerprint density at radius 3 is 2.63 bits per heavy atom. The first-order chi connectivity index (χ1) is 9.02. The largest absolute Gasteiger partial charge is 0.338 e. The second kappa shape index (κ2) is 6.89. The third-order valence-electron chi connectivity index (χ3n) is 3.32. The van der Waals surface area contributed by atoms with Crippen LogP contribution < -0.4 is 0 Å². The number of nitrogens with zero attached hydrogens (tertiary/aromatic N) is 2. The number of nitriles is 1. The van der Waals surface area contributed by atoms with Crippen LogP contribution in [0.1, 0.15) is 38.3 Å². The lowest BCUT2D eigenvalue weighted by atomic mass is 10.0. The molecule has 1 rings (SSSR count). The first kappa shape index (κ1) is 15.2. The van der Waals surface area contributed by atoms with Crippen LogP contribution in [-0.4, -0.2) is 17.9 Å². The maximum Gasteiger partial charge on any atom is 0.240 e. The zero-order chi connectivity index (χ0) is 14.4. The molecule has 0 saturated carbocycles. The van der Waals surface area contributed by atoms with Gasteiger partial charge in [0.2, 0.25) is 5.91 Å². The zero-order valence-electron chi connectivity index (χ0n) is 11.6. The number of rotatable bonds is 5. The number of carbonyl (C=O) groups is 1. The summed E-state index contributed by atoms with van der Waals surface area (Å²) in [5.41, 5.74) is 0.464. The molecule has 0 bridgehead atoms. The van der Waals surface area contributed by atoms with Crippen molar-refractivity contribution in [3.05, 3.63) is 35.6 Å². The summed E-state index contributed by atoms with van der Waals surface area (Å²) in [6, 6.07) is 8.01. The highest BCUT2D eigenvalue weighted by Gasteiger charge is 2.26. The summed E-state index contributed by atoms with van der Waals surface area (Å²) >= 11 is 0. The van der Waals surface area contributed by atoms with Crippen molar-refractivity contribution in [3.63, 3.8) is 0 Å². The SMILES string of the molecule is CCCC(C#N)C(=O)N(C)C(C)c1ccccc1F. The summed E-state index contributed by atoms with van der Waals surface area (Å²) in [4.78, 5) is 13.6. The summed E-state index contributed by atoms with van der Waals surface area (Å²) in [6.07, 6.45) is 1.30. The van der Waals surface area contributed by atoms with Crippen LogP contribution in [0.3, 0.4) is 0 Å². The molecular formula is C15H19FN2O. The molecule has 3 nitrogen and oxygen atoms in total. The van der Waals surface area contributed by atoms with Crippen molar-refractivity contribution >= 4 is 5.91 Å². The van der Waals surface area contributed by atoms with E-state index in [2.05, 4.69) is 0 Å². The number of benzene rings is 1. The quantitative estimate of drug-likeness (QED) is 0.817. The van der Waals surface area contributed by atoms with Crippen molar-refractivity contribution < 1.29 is 9.18 Å². The van der Waals surface area contributed by atoms with Gasteiger partial charge in [-0.1, -0.05) is 31.5 Å². The second-order valence-electron chi connectivity index (χ2n) is 4.62.